The van der Waals surface area contributed by atoms with E-state index in [1.165, 1.54) is 6.07 Å². The zero-order valence-electron chi connectivity index (χ0n) is 10.3. The van der Waals surface area contributed by atoms with Crippen LogP contribution < -0.4 is 5.32 Å². The van der Waals surface area contributed by atoms with E-state index in [0.29, 0.717) is 26.2 Å². The van der Waals surface area contributed by atoms with E-state index in [0.717, 1.165) is 10.9 Å². The Morgan fingerprint density at radius 2 is 2.22 bits per heavy atom. The second-order valence-corrected chi connectivity index (χ2v) is 4.69. The molecule has 0 aliphatic carbocycles. The van der Waals surface area contributed by atoms with Gasteiger partial charge in [0.05, 0.1) is 12.2 Å². The maximum atomic E-state index is 13.4. The molecule has 1 aromatic rings. The number of hydrogen-bond acceptors (Lipinski definition) is 2. The maximum Gasteiger partial charge on any atom is 0.254 e. The second-order valence-electron chi connectivity index (χ2n) is 3.89. The number of nitrogens with one attached hydrogen (secondary N) is 1. The Bertz CT molecular complexity index is 399. The smallest absolute Gasteiger partial charge is 0.254 e. The van der Waals surface area contributed by atoms with Gasteiger partial charge >= 0.3 is 0 Å². The third kappa shape index (κ3) is 5.14. The number of alkyl halides is 1. The van der Waals surface area contributed by atoms with Crippen LogP contribution in [0.4, 0.5) is 4.39 Å². The number of hydrogen-bond donors (Lipinski definition) is 1. The standard InChI is InChI=1S/C13H17BrFNO2/c1-10-3-4-12(15)11(9-10)13(17)16-6-2-7-18-8-5-14/h3-4,9H,2,5-8H2,1H3,(H,16,17). The summed E-state index contributed by atoms with van der Waals surface area (Å²) in [5, 5.41) is 3.47. The van der Waals surface area contributed by atoms with E-state index in [2.05, 4.69) is 21.2 Å². The van der Waals surface area contributed by atoms with E-state index < -0.39 is 5.82 Å². The molecule has 0 bridgehead atoms. The fourth-order valence-electron chi connectivity index (χ4n) is 1.44. The summed E-state index contributed by atoms with van der Waals surface area (Å²) in [5.41, 5.74) is 0.957. The first-order valence-corrected chi connectivity index (χ1v) is 6.95. The van der Waals surface area contributed by atoms with E-state index in [-0.39, 0.29) is 11.5 Å². The van der Waals surface area contributed by atoms with Gasteiger partial charge in [-0.1, -0.05) is 27.6 Å². The molecule has 1 amide bonds. The summed E-state index contributed by atoms with van der Waals surface area (Å²) in [6, 6.07) is 4.50. The summed E-state index contributed by atoms with van der Waals surface area (Å²) in [5.74, 6) is -0.870. The van der Waals surface area contributed by atoms with Gasteiger partial charge in [-0.3, -0.25) is 4.79 Å². The van der Waals surface area contributed by atoms with Crippen molar-refractivity contribution < 1.29 is 13.9 Å². The lowest BCUT2D eigenvalue weighted by Crippen LogP contribution is -2.26. The summed E-state index contributed by atoms with van der Waals surface area (Å²) in [6.45, 7) is 3.54. The molecule has 100 valence electrons. The van der Waals surface area contributed by atoms with Crippen molar-refractivity contribution in [1.29, 1.82) is 0 Å². The Labute approximate surface area is 115 Å². The number of ether oxygens (including phenoxy) is 1. The quantitative estimate of drug-likeness (QED) is 0.620. The lowest BCUT2D eigenvalue weighted by molar-refractivity contribution is 0.0940. The van der Waals surface area contributed by atoms with E-state index >= 15 is 0 Å². The average molecular weight is 318 g/mol. The van der Waals surface area contributed by atoms with Gasteiger partial charge in [-0.15, -0.1) is 0 Å². The molecule has 0 unspecified atom stereocenters. The molecule has 0 spiro atoms. The van der Waals surface area contributed by atoms with Crippen molar-refractivity contribution in [1.82, 2.24) is 5.32 Å². The predicted octanol–water partition coefficient (Wildman–Crippen LogP) is 2.67. The van der Waals surface area contributed by atoms with Gasteiger partial charge in [0.2, 0.25) is 0 Å². The van der Waals surface area contributed by atoms with Gasteiger partial charge in [-0.2, -0.15) is 0 Å². The van der Waals surface area contributed by atoms with Crippen molar-refractivity contribution in [2.75, 3.05) is 25.1 Å². The molecule has 0 saturated heterocycles. The number of halogens is 2. The van der Waals surface area contributed by atoms with Crippen molar-refractivity contribution in [2.45, 2.75) is 13.3 Å². The van der Waals surface area contributed by atoms with Crippen LogP contribution in [0.3, 0.4) is 0 Å². The highest BCUT2D eigenvalue weighted by molar-refractivity contribution is 9.09. The highest BCUT2D eigenvalue weighted by Gasteiger charge is 2.10. The van der Waals surface area contributed by atoms with Crippen molar-refractivity contribution >= 4 is 21.8 Å². The average Bonchev–Trinajstić information content (AvgIpc) is 2.36. The molecule has 0 radical (unpaired) electrons. The summed E-state index contributed by atoms with van der Waals surface area (Å²) >= 11 is 3.25. The monoisotopic (exact) mass is 317 g/mol. The first-order chi connectivity index (χ1) is 8.65. The van der Waals surface area contributed by atoms with Gasteiger partial charge in [-0.25, -0.2) is 4.39 Å². The van der Waals surface area contributed by atoms with Crippen molar-refractivity contribution in [2.24, 2.45) is 0 Å². The minimum Gasteiger partial charge on any atom is -0.381 e. The maximum absolute atomic E-state index is 13.4. The van der Waals surface area contributed by atoms with Crippen molar-refractivity contribution in [3.05, 3.63) is 35.1 Å². The lowest BCUT2D eigenvalue weighted by atomic mass is 10.1. The molecular formula is C13H17BrFNO2. The third-order valence-corrected chi connectivity index (χ3v) is 2.66. The van der Waals surface area contributed by atoms with Gasteiger partial charge in [0.15, 0.2) is 0 Å². The first-order valence-electron chi connectivity index (χ1n) is 5.83. The molecule has 1 rings (SSSR count). The second kappa shape index (κ2) is 8.21. The SMILES string of the molecule is Cc1ccc(F)c(C(=O)NCCCOCCBr)c1. The number of carbonyl (C=O) groups excluding carboxylic acids is 1. The number of rotatable bonds is 7. The Kier molecular flexibility index (Phi) is 6.90. The van der Waals surface area contributed by atoms with E-state index in [1.54, 1.807) is 12.1 Å². The van der Waals surface area contributed by atoms with E-state index in [9.17, 15) is 9.18 Å². The van der Waals surface area contributed by atoms with Crippen LogP contribution in [0.2, 0.25) is 0 Å². The van der Waals surface area contributed by atoms with Crippen LogP contribution in [0.5, 0.6) is 0 Å². The van der Waals surface area contributed by atoms with Crippen LogP contribution in [0.25, 0.3) is 0 Å². The van der Waals surface area contributed by atoms with Crippen molar-refractivity contribution in [3.8, 4) is 0 Å². The molecule has 1 aromatic carbocycles. The minimum atomic E-state index is -0.492. The van der Waals surface area contributed by atoms with Gasteiger partial charge in [-0.05, 0) is 25.5 Å². The predicted molar refractivity (Wildman–Crippen MR) is 72.7 cm³/mol. The van der Waals surface area contributed by atoms with Crippen LogP contribution >= 0.6 is 15.9 Å². The Balaban J connectivity index is 2.34. The third-order valence-electron chi connectivity index (χ3n) is 2.34. The molecule has 18 heavy (non-hydrogen) atoms. The molecule has 3 nitrogen and oxygen atoms in total. The van der Waals surface area contributed by atoms with Crippen LogP contribution in [0.1, 0.15) is 22.3 Å². The summed E-state index contributed by atoms with van der Waals surface area (Å²) in [6.07, 6.45) is 0.714. The topological polar surface area (TPSA) is 38.3 Å². The molecule has 0 atom stereocenters. The van der Waals surface area contributed by atoms with Gasteiger partial charge in [0.25, 0.3) is 5.91 Å². The number of benzene rings is 1. The molecule has 1 N–H and O–H groups in total. The minimum absolute atomic E-state index is 0.0939. The molecule has 0 heterocycles. The molecule has 0 aliphatic heterocycles. The zero-order valence-corrected chi connectivity index (χ0v) is 11.9. The summed E-state index contributed by atoms with van der Waals surface area (Å²) in [4.78, 5) is 11.7. The Morgan fingerprint density at radius 1 is 1.44 bits per heavy atom. The van der Waals surface area contributed by atoms with Crippen LogP contribution in [0.15, 0.2) is 18.2 Å². The number of aryl methyl sites for hydroxylation is 1. The van der Waals surface area contributed by atoms with Gasteiger partial charge < -0.3 is 10.1 Å². The highest BCUT2D eigenvalue weighted by Crippen LogP contribution is 2.09. The summed E-state index contributed by atoms with van der Waals surface area (Å²) < 4.78 is 18.6. The van der Waals surface area contributed by atoms with Crippen molar-refractivity contribution in [3.63, 3.8) is 0 Å². The summed E-state index contributed by atoms with van der Waals surface area (Å²) in [7, 11) is 0. The molecule has 0 aliphatic rings. The molecule has 0 saturated carbocycles. The fourth-order valence-corrected chi connectivity index (χ4v) is 1.67. The fraction of sp³-hybridized carbons (Fsp3) is 0.462. The molecule has 5 heteroatoms. The van der Waals surface area contributed by atoms with Crippen LogP contribution in [-0.2, 0) is 4.74 Å². The van der Waals surface area contributed by atoms with Crippen LogP contribution in [0, 0.1) is 12.7 Å². The van der Waals surface area contributed by atoms with Gasteiger partial charge in [0.1, 0.15) is 5.82 Å². The Hall–Kier alpha value is -0.940. The number of amides is 1. The number of carbonyl (C=O) groups is 1. The first kappa shape index (κ1) is 15.1. The zero-order chi connectivity index (χ0) is 13.4. The van der Waals surface area contributed by atoms with E-state index in [4.69, 9.17) is 4.74 Å². The van der Waals surface area contributed by atoms with E-state index in [1.807, 2.05) is 6.92 Å². The normalized spacial score (nSPS) is 10.4. The van der Waals surface area contributed by atoms with Crippen LogP contribution in [-0.4, -0.2) is 31.0 Å². The Morgan fingerprint density at radius 3 is 2.94 bits per heavy atom. The molecular weight excluding hydrogens is 301 g/mol. The molecule has 0 fully saturated rings. The van der Waals surface area contributed by atoms with Gasteiger partial charge in [0, 0.05) is 18.5 Å². The molecule has 0 aromatic heterocycles. The lowest BCUT2D eigenvalue weighted by Gasteiger charge is -2.07. The highest BCUT2D eigenvalue weighted by atomic mass is 79.9. The largest absolute Gasteiger partial charge is 0.381 e.